The Bertz CT molecular complexity index is 763. The van der Waals surface area contributed by atoms with E-state index in [2.05, 4.69) is 5.32 Å². The number of halogens is 1. The lowest BCUT2D eigenvalue weighted by Gasteiger charge is -2.14. The highest BCUT2D eigenvalue weighted by molar-refractivity contribution is 6.31. The second-order valence-corrected chi connectivity index (χ2v) is 6.12. The van der Waals surface area contributed by atoms with E-state index in [0.717, 1.165) is 11.3 Å². The number of hydrogen-bond donors (Lipinski definition) is 1. The van der Waals surface area contributed by atoms with Crippen molar-refractivity contribution < 1.29 is 23.8 Å². The molecule has 2 rings (SSSR count). The number of ether oxygens (including phenoxy) is 3. The van der Waals surface area contributed by atoms with Crippen LogP contribution in [0.2, 0.25) is 5.02 Å². The van der Waals surface area contributed by atoms with E-state index in [0.29, 0.717) is 10.8 Å². The molecule has 27 heavy (non-hydrogen) atoms. The quantitative estimate of drug-likeness (QED) is 0.663. The lowest BCUT2D eigenvalue weighted by atomic mass is 10.2. The summed E-state index contributed by atoms with van der Waals surface area (Å²) in [5.41, 5.74) is 0.791. The molecular weight excluding hydrogens is 370 g/mol. The predicted octanol–water partition coefficient (Wildman–Crippen LogP) is 3.37. The van der Waals surface area contributed by atoms with Gasteiger partial charge >= 0.3 is 5.97 Å². The molecular formula is C20H22ClNO5. The predicted molar refractivity (Wildman–Crippen MR) is 102 cm³/mol. The Morgan fingerprint density at radius 3 is 2.41 bits per heavy atom. The van der Waals surface area contributed by atoms with Gasteiger partial charge in [0.1, 0.15) is 11.5 Å². The lowest BCUT2D eigenvalue weighted by Crippen LogP contribution is -2.35. The molecule has 0 heterocycles. The van der Waals surface area contributed by atoms with E-state index in [-0.39, 0.29) is 25.5 Å². The minimum Gasteiger partial charge on any atom is -0.497 e. The fourth-order valence-electron chi connectivity index (χ4n) is 2.20. The molecule has 0 saturated heterocycles. The zero-order chi connectivity index (χ0) is 19.6. The number of hydrogen-bond acceptors (Lipinski definition) is 5. The molecule has 2 aromatic rings. The van der Waals surface area contributed by atoms with Gasteiger partial charge in [-0.15, -0.1) is 0 Å². The Morgan fingerprint density at radius 2 is 1.74 bits per heavy atom. The molecule has 0 aliphatic rings. The van der Waals surface area contributed by atoms with Crippen LogP contribution in [0.1, 0.15) is 18.9 Å². The van der Waals surface area contributed by atoms with Crippen LogP contribution >= 0.6 is 11.6 Å². The molecule has 0 aromatic heterocycles. The number of benzene rings is 2. The van der Waals surface area contributed by atoms with Crippen molar-refractivity contribution in [3.8, 4) is 11.5 Å². The van der Waals surface area contributed by atoms with Crippen molar-refractivity contribution in [1.82, 2.24) is 5.32 Å². The zero-order valence-electron chi connectivity index (χ0n) is 15.2. The number of rotatable bonds is 9. The molecule has 0 aliphatic heterocycles. The van der Waals surface area contributed by atoms with Crippen molar-refractivity contribution in [3.05, 3.63) is 59.1 Å². The number of methoxy groups -OCH3 is 1. The largest absolute Gasteiger partial charge is 0.497 e. The number of carbonyl (C=O) groups is 2. The van der Waals surface area contributed by atoms with Crippen LogP contribution in [-0.2, 0) is 20.9 Å². The Balaban J connectivity index is 1.69. The topological polar surface area (TPSA) is 73.9 Å². The van der Waals surface area contributed by atoms with E-state index in [1.165, 1.54) is 6.92 Å². The summed E-state index contributed by atoms with van der Waals surface area (Å²) in [4.78, 5) is 23.9. The highest BCUT2D eigenvalue weighted by Crippen LogP contribution is 2.17. The fourth-order valence-corrected chi connectivity index (χ4v) is 2.40. The van der Waals surface area contributed by atoms with Crippen LogP contribution in [0.3, 0.4) is 0 Å². The molecule has 144 valence electrons. The van der Waals surface area contributed by atoms with E-state index in [9.17, 15) is 9.59 Å². The zero-order valence-corrected chi connectivity index (χ0v) is 16.0. The van der Waals surface area contributed by atoms with Gasteiger partial charge in [0.05, 0.1) is 20.1 Å². The van der Waals surface area contributed by atoms with Crippen molar-refractivity contribution in [1.29, 1.82) is 0 Å². The van der Waals surface area contributed by atoms with Crippen LogP contribution < -0.4 is 14.8 Å². The van der Waals surface area contributed by atoms with E-state index >= 15 is 0 Å². The lowest BCUT2D eigenvalue weighted by molar-refractivity contribution is -0.155. The molecule has 0 radical (unpaired) electrons. The van der Waals surface area contributed by atoms with Crippen LogP contribution in [0, 0.1) is 0 Å². The maximum atomic E-state index is 12.0. The van der Waals surface area contributed by atoms with Crippen molar-refractivity contribution in [3.63, 3.8) is 0 Å². The van der Waals surface area contributed by atoms with Gasteiger partial charge in [-0.05, 0) is 42.8 Å². The first-order chi connectivity index (χ1) is 13.0. The number of carbonyl (C=O) groups excluding carboxylic acids is 2. The first-order valence-corrected chi connectivity index (χ1v) is 8.85. The Morgan fingerprint density at radius 1 is 1.07 bits per heavy atom. The van der Waals surface area contributed by atoms with Crippen LogP contribution in [0.4, 0.5) is 0 Å². The first kappa shape index (κ1) is 20.6. The summed E-state index contributed by atoms with van der Waals surface area (Å²) >= 11 is 6.04. The molecule has 6 nitrogen and oxygen atoms in total. The summed E-state index contributed by atoms with van der Waals surface area (Å²) in [6.07, 6.45) is -0.866. The van der Waals surface area contributed by atoms with Crippen LogP contribution in [0.15, 0.2) is 48.5 Å². The van der Waals surface area contributed by atoms with Gasteiger partial charge in [0, 0.05) is 11.6 Å². The SMILES string of the molecule is COc1ccc(OCCC(=O)OC(C)C(=O)NCc2ccccc2Cl)cc1. The third-order valence-corrected chi connectivity index (χ3v) is 4.09. The molecule has 0 aliphatic carbocycles. The maximum Gasteiger partial charge on any atom is 0.310 e. The second-order valence-electron chi connectivity index (χ2n) is 5.72. The molecule has 0 fully saturated rings. The minimum atomic E-state index is -0.902. The summed E-state index contributed by atoms with van der Waals surface area (Å²) in [6, 6.07) is 14.2. The standard InChI is InChI=1S/C20H22ClNO5/c1-14(20(24)22-13-15-5-3-4-6-18(15)21)27-19(23)11-12-26-17-9-7-16(25-2)8-10-17/h3-10,14H,11-13H2,1-2H3,(H,22,24). The smallest absolute Gasteiger partial charge is 0.310 e. The molecule has 0 saturated carbocycles. The second kappa shape index (κ2) is 10.4. The molecule has 1 N–H and O–H groups in total. The Labute approximate surface area is 163 Å². The molecule has 0 bridgehead atoms. The number of amides is 1. The van der Waals surface area contributed by atoms with Crippen molar-refractivity contribution in [2.24, 2.45) is 0 Å². The van der Waals surface area contributed by atoms with Gasteiger partial charge in [0.2, 0.25) is 0 Å². The van der Waals surface area contributed by atoms with E-state index in [4.69, 9.17) is 25.8 Å². The molecule has 1 unspecified atom stereocenters. The third-order valence-electron chi connectivity index (χ3n) is 3.72. The summed E-state index contributed by atoms with van der Waals surface area (Å²) < 4.78 is 15.6. The summed E-state index contributed by atoms with van der Waals surface area (Å²) in [5, 5.41) is 3.26. The first-order valence-electron chi connectivity index (χ1n) is 8.47. The van der Waals surface area contributed by atoms with Gasteiger partial charge in [0.15, 0.2) is 6.10 Å². The summed E-state index contributed by atoms with van der Waals surface area (Å²) in [7, 11) is 1.58. The number of esters is 1. The maximum absolute atomic E-state index is 12.0. The normalized spacial score (nSPS) is 11.4. The van der Waals surface area contributed by atoms with E-state index in [1.54, 1.807) is 37.4 Å². The Kier molecular flexibility index (Phi) is 7.95. The van der Waals surface area contributed by atoms with Gasteiger partial charge in [0.25, 0.3) is 5.91 Å². The number of nitrogens with one attached hydrogen (secondary N) is 1. The fraction of sp³-hybridized carbons (Fsp3) is 0.300. The summed E-state index contributed by atoms with van der Waals surface area (Å²) in [6.45, 7) is 1.93. The molecule has 2 aromatic carbocycles. The highest BCUT2D eigenvalue weighted by atomic mass is 35.5. The van der Waals surface area contributed by atoms with Gasteiger partial charge < -0.3 is 19.5 Å². The highest BCUT2D eigenvalue weighted by Gasteiger charge is 2.17. The van der Waals surface area contributed by atoms with Gasteiger partial charge in [-0.2, -0.15) is 0 Å². The average molecular weight is 392 g/mol. The van der Waals surface area contributed by atoms with Gasteiger partial charge in [-0.1, -0.05) is 29.8 Å². The Hall–Kier alpha value is -2.73. The monoisotopic (exact) mass is 391 g/mol. The van der Waals surface area contributed by atoms with Gasteiger partial charge in [-0.25, -0.2) is 0 Å². The molecule has 7 heteroatoms. The van der Waals surface area contributed by atoms with Crippen molar-refractivity contribution in [2.75, 3.05) is 13.7 Å². The molecule has 1 atom stereocenters. The van der Waals surface area contributed by atoms with Crippen molar-refractivity contribution >= 4 is 23.5 Å². The van der Waals surface area contributed by atoms with E-state index < -0.39 is 12.1 Å². The molecule has 0 spiro atoms. The van der Waals surface area contributed by atoms with Crippen LogP contribution in [-0.4, -0.2) is 31.7 Å². The van der Waals surface area contributed by atoms with Crippen molar-refractivity contribution in [2.45, 2.75) is 26.0 Å². The van der Waals surface area contributed by atoms with Gasteiger partial charge in [-0.3, -0.25) is 9.59 Å². The third kappa shape index (κ3) is 6.83. The summed E-state index contributed by atoms with van der Waals surface area (Å²) in [5.74, 6) is 0.441. The average Bonchev–Trinajstić information content (AvgIpc) is 2.67. The minimum absolute atomic E-state index is 0.0359. The van der Waals surface area contributed by atoms with E-state index in [1.807, 2.05) is 18.2 Å². The van der Waals surface area contributed by atoms with Crippen LogP contribution in [0.5, 0.6) is 11.5 Å². The van der Waals surface area contributed by atoms with Crippen LogP contribution in [0.25, 0.3) is 0 Å². The molecule has 1 amide bonds.